The molecule has 0 aliphatic carbocycles. The second-order valence-corrected chi connectivity index (χ2v) is 6.77. The van der Waals surface area contributed by atoms with Gasteiger partial charge in [0.15, 0.2) is 0 Å². The molecule has 1 amide bonds. The second-order valence-electron chi connectivity index (χ2n) is 4.32. The number of aromatic nitrogens is 1. The van der Waals surface area contributed by atoms with Crippen LogP contribution >= 0.6 is 23.2 Å². The van der Waals surface area contributed by atoms with Crippen LogP contribution in [0.3, 0.4) is 0 Å². The molecule has 2 aromatic rings. The van der Waals surface area contributed by atoms with Gasteiger partial charge in [-0.1, -0.05) is 41.4 Å². The highest BCUT2D eigenvalue weighted by Gasteiger charge is 2.18. The average Bonchev–Trinajstić information content (AvgIpc) is 2.48. The van der Waals surface area contributed by atoms with Crippen molar-refractivity contribution in [2.24, 2.45) is 0 Å². The largest absolute Gasteiger partial charge is 0.273 e. The number of nitrogens with one attached hydrogen (secondary N) is 2. The number of sulfonamides is 1. The molecule has 9 heteroatoms. The van der Waals surface area contributed by atoms with Crippen LogP contribution in [0.25, 0.3) is 0 Å². The minimum Gasteiger partial charge on any atom is -0.273 e. The second kappa shape index (κ2) is 6.62. The van der Waals surface area contributed by atoms with E-state index >= 15 is 0 Å². The van der Waals surface area contributed by atoms with E-state index in [-0.39, 0.29) is 15.1 Å². The standard InChI is InChI=1S/C13H11Cl2N3O3S/c1-8-4-2-3-5-10(8)13(19)17-18-22(20,21)9-6-11(14)12(15)16-7-9/h2-7,18H,1H3,(H,17,19). The molecule has 2 N–H and O–H groups in total. The third kappa shape index (κ3) is 3.75. The third-order valence-electron chi connectivity index (χ3n) is 2.77. The predicted molar refractivity (Wildman–Crippen MR) is 83.2 cm³/mol. The average molecular weight is 360 g/mol. The smallest absolute Gasteiger partial charge is 0.266 e. The maximum atomic E-state index is 12.0. The van der Waals surface area contributed by atoms with E-state index in [9.17, 15) is 13.2 Å². The van der Waals surface area contributed by atoms with Crippen molar-refractivity contribution in [2.45, 2.75) is 11.8 Å². The number of rotatable bonds is 4. The Kier molecular flexibility index (Phi) is 5.02. The normalized spacial score (nSPS) is 11.2. The van der Waals surface area contributed by atoms with Gasteiger partial charge in [-0.05, 0) is 24.6 Å². The van der Waals surface area contributed by atoms with Gasteiger partial charge in [0, 0.05) is 11.8 Å². The first-order valence-corrected chi connectivity index (χ1v) is 8.24. The Morgan fingerprint density at radius 1 is 1.23 bits per heavy atom. The summed E-state index contributed by atoms with van der Waals surface area (Å²) >= 11 is 11.4. The summed E-state index contributed by atoms with van der Waals surface area (Å²) in [6, 6.07) is 7.92. The van der Waals surface area contributed by atoms with Gasteiger partial charge in [-0.2, -0.15) is 0 Å². The minimum atomic E-state index is -4.00. The van der Waals surface area contributed by atoms with E-state index in [1.807, 2.05) is 4.83 Å². The number of benzene rings is 1. The molecule has 0 atom stereocenters. The fourth-order valence-electron chi connectivity index (χ4n) is 1.62. The molecule has 0 bridgehead atoms. The summed E-state index contributed by atoms with van der Waals surface area (Å²) < 4.78 is 24.1. The van der Waals surface area contributed by atoms with Crippen molar-refractivity contribution in [3.05, 3.63) is 57.8 Å². The fourth-order valence-corrected chi connectivity index (χ4v) is 2.76. The Balaban J connectivity index is 2.14. The lowest BCUT2D eigenvalue weighted by molar-refractivity contribution is 0.0944. The van der Waals surface area contributed by atoms with E-state index < -0.39 is 15.9 Å². The molecule has 1 aromatic heterocycles. The molecular formula is C13H11Cl2N3O3S. The monoisotopic (exact) mass is 359 g/mol. The van der Waals surface area contributed by atoms with Crippen molar-refractivity contribution >= 4 is 39.1 Å². The first-order valence-electron chi connectivity index (χ1n) is 6.00. The number of aryl methyl sites for hydroxylation is 1. The van der Waals surface area contributed by atoms with Crippen LogP contribution in [-0.2, 0) is 10.0 Å². The van der Waals surface area contributed by atoms with E-state index in [1.165, 1.54) is 0 Å². The molecular weight excluding hydrogens is 349 g/mol. The molecule has 0 radical (unpaired) electrons. The number of carbonyl (C=O) groups is 1. The van der Waals surface area contributed by atoms with Crippen molar-refractivity contribution in [2.75, 3.05) is 0 Å². The topological polar surface area (TPSA) is 88.2 Å². The Hall–Kier alpha value is -1.67. The molecule has 6 nitrogen and oxygen atoms in total. The van der Waals surface area contributed by atoms with E-state index in [2.05, 4.69) is 10.4 Å². The van der Waals surface area contributed by atoms with Gasteiger partial charge < -0.3 is 0 Å². The van der Waals surface area contributed by atoms with Crippen LogP contribution in [-0.4, -0.2) is 19.3 Å². The summed E-state index contributed by atoms with van der Waals surface area (Å²) in [5.41, 5.74) is 3.21. The van der Waals surface area contributed by atoms with Crippen molar-refractivity contribution in [3.63, 3.8) is 0 Å². The van der Waals surface area contributed by atoms with Crippen molar-refractivity contribution in [1.29, 1.82) is 0 Å². The molecule has 1 heterocycles. The summed E-state index contributed by atoms with van der Waals surface area (Å²) in [6.45, 7) is 1.74. The van der Waals surface area contributed by atoms with E-state index in [0.717, 1.165) is 17.8 Å². The summed E-state index contributed by atoms with van der Waals surface area (Å²) in [4.78, 5) is 17.4. The van der Waals surface area contributed by atoms with Gasteiger partial charge in [0.25, 0.3) is 15.9 Å². The summed E-state index contributed by atoms with van der Waals surface area (Å²) in [5, 5.41) is -0.0145. The number of halogens is 2. The Morgan fingerprint density at radius 3 is 2.55 bits per heavy atom. The van der Waals surface area contributed by atoms with Gasteiger partial charge in [0.2, 0.25) is 0 Å². The van der Waals surface area contributed by atoms with Crippen LogP contribution in [0.1, 0.15) is 15.9 Å². The molecule has 22 heavy (non-hydrogen) atoms. The first-order chi connectivity index (χ1) is 10.3. The lowest BCUT2D eigenvalue weighted by Gasteiger charge is -2.10. The zero-order chi connectivity index (χ0) is 16.3. The van der Waals surface area contributed by atoms with E-state index in [1.54, 1.807) is 31.2 Å². The summed E-state index contributed by atoms with van der Waals surface area (Å²) in [5.74, 6) is -0.574. The van der Waals surface area contributed by atoms with Crippen LogP contribution < -0.4 is 10.3 Å². The number of pyridine rings is 1. The Bertz CT molecular complexity index is 825. The van der Waals surface area contributed by atoms with Crippen LogP contribution in [0.4, 0.5) is 0 Å². The van der Waals surface area contributed by atoms with E-state index in [4.69, 9.17) is 23.2 Å². The quantitative estimate of drug-likeness (QED) is 0.647. The van der Waals surface area contributed by atoms with Crippen molar-refractivity contribution < 1.29 is 13.2 Å². The van der Waals surface area contributed by atoms with Crippen molar-refractivity contribution in [3.8, 4) is 0 Å². The fraction of sp³-hybridized carbons (Fsp3) is 0.0769. The number of hydrazine groups is 1. The van der Waals surface area contributed by atoms with E-state index in [0.29, 0.717) is 5.56 Å². The van der Waals surface area contributed by atoms with Crippen LogP contribution in [0, 0.1) is 6.92 Å². The molecule has 0 saturated carbocycles. The highest BCUT2D eigenvalue weighted by atomic mass is 35.5. The molecule has 0 spiro atoms. The minimum absolute atomic E-state index is 0.00484. The molecule has 1 aromatic carbocycles. The lowest BCUT2D eigenvalue weighted by Crippen LogP contribution is -2.41. The Labute approximate surface area is 137 Å². The zero-order valence-corrected chi connectivity index (χ0v) is 13.6. The number of nitrogens with zero attached hydrogens (tertiary/aromatic N) is 1. The van der Waals surface area contributed by atoms with Gasteiger partial charge in [0.05, 0.1) is 5.02 Å². The number of carbonyl (C=O) groups excluding carboxylic acids is 1. The Morgan fingerprint density at radius 2 is 1.91 bits per heavy atom. The number of hydrogen-bond acceptors (Lipinski definition) is 4. The molecule has 0 unspecified atom stereocenters. The van der Waals surface area contributed by atoms with Crippen LogP contribution in [0.15, 0.2) is 41.4 Å². The molecule has 0 aliphatic rings. The maximum Gasteiger partial charge on any atom is 0.266 e. The maximum absolute atomic E-state index is 12.0. The van der Waals surface area contributed by atoms with Gasteiger partial charge >= 0.3 is 0 Å². The van der Waals surface area contributed by atoms with Gasteiger partial charge in [0.1, 0.15) is 10.0 Å². The summed E-state index contributed by atoms with van der Waals surface area (Å²) in [6.07, 6.45) is 1.04. The predicted octanol–water partition coefficient (Wildman–Crippen LogP) is 2.32. The number of amides is 1. The van der Waals surface area contributed by atoms with Crippen LogP contribution in [0.5, 0.6) is 0 Å². The van der Waals surface area contributed by atoms with Gasteiger partial charge in [-0.15, -0.1) is 4.83 Å². The molecule has 0 saturated heterocycles. The first kappa shape index (κ1) is 16.7. The third-order valence-corrected chi connectivity index (χ3v) is 4.67. The lowest BCUT2D eigenvalue weighted by atomic mass is 10.1. The molecule has 116 valence electrons. The number of hydrogen-bond donors (Lipinski definition) is 2. The van der Waals surface area contributed by atoms with Crippen LogP contribution in [0.2, 0.25) is 10.2 Å². The highest BCUT2D eigenvalue weighted by molar-refractivity contribution is 7.89. The highest BCUT2D eigenvalue weighted by Crippen LogP contribution is 2.21. The summed E-state index contributed by atoms with van der Waals surface area (Å²) in [7, 11) is -4.00. The van der Waals surface area contributed by atoms with Gasteiger partial charge in [-0.3, -0.25) is 10.2 Å². The SMILES string of the molecule is Cc1ccccc1C(=O)NNS(=O)(=O)c1cnc(Cl)c(Cl)c1. The molecule has 0 fully saturated rings. The van der Waals surface area contributed by atoms with Gasteiger partial charge in [-0.25, -0.2) is 13.4 Å². The molecule has 2 rings (SSSR count). The van der Waals surface area contributed by atoms with Crippen molar-refractivity contribution in [1.82, 2.24) is 15.2 Å². The zero-order valence-electron chi connectivity index (χ0n) is 11.3. The molecule has 0 aliphatic heterocycles.